The first-order valence-electron chi connectivity index (χ1n) is 34.8. The van der Waals surface area contributed by atoms with Crippen molar-refractivity contribution >= 4 is 40.0 Å². The molecule has 0 radical (unpaired) electrons. The highest BCUT2D eigenvalue weighted by molar-refractivity contribution is 6.38. The molecule has 0 saturated carbocycles. The third-order valence-electron chi connectivity index (χ3n) is 20.7. The van der Waals surface area contributed by atoms with Crippen molar-refractivity contribution < 1.29 is 212 Å². The van der Waals surface area contributed by atoms with Crippen LogP contribution in [0, 0.1) is 283 Å². The van der Waals surface area contributed by atoms with Gasteiger partial charge in [-0.15, -0.1) is 0 Å². The molecule has 0 fully saturated rings. The number of benzene rings is 12. The van der Waals surface area contributed by atoms with Gasteiger partial charge >= 0.3 is 7.32 Å². The second-order valence-corrected chi connectivity index (χ2v) is 27.6. The van der Waals surface area contributed by atoms with E-state index in [1.807, 2.05) is 0 Å². The van der Waals surface area contributed by atoms with Gasteiger partial charge in [-0.1, -0.05) is 18.2 Å². The van der Waals surface area contributed by atoms with Gasteiger partial charge in [0.15, 0.2) is 209 Å². The number of aromatic nitrogens is 3. The Morgan fingerprint density at radius 3 is 0.414 bits per heavy atom. The summed E-state index contributed by atoms with van der Waals surface area (Å²) in [5.74, 6) is -151. The highest BCUT2D eigenvalue weighted by Gasteiger charge is 2.48. The molecule has 3 heterocycles. The van der Waals surface area contributed by atoms with Crippen LogP contribution in [-0.4, -0.2) is 21.5 Å². The minimum absolute atomic E-state index is 0.0790. The summed E-state index contributed by atoms with van der Waals surface area (Å²) in [6, 6.07) is -2.36. The lowest BCUT2D eigenvalue weighted by atomic mass is 9.88. The molecule has 12 aromatic carbocycles. The maximum atomic E-state index is 17.3. The Morgan fingerprint density at radius 1 is 0.150 bits per heavy atom. The smallest absolute Gasteiger partial charge is 0.395 e. The van der Waals surface area contributed by atoms with Crippen LogP contribution in [0.2, 0.25) is 0 Å². The topological polar surface area (TPSA) is 42.5 Å². The molecule has 0 N–H and O–H groups in total. The summed E-state index contributed by atoms with van der Waals surface area (Å²) >= 11 is 0. The number of hydrogen-bond acceptors (Lipinski definition) is 3. The van der Waals surface area contributed by atoms with E-state index < -0.39 is 451 Å². The first kappa shape index (κ1) is 93.3. The van der Waals surface area contributed by atoms with Gasteiger partial charge in [0.2, 0.25) is 52.4 Å². The average molecular weight is 1940 g/mol. The Morgan fingerprint density at radius 2 is 0.271 bits per heavy atom. The quantitative estimate of drug-likeness (QED) is 0.0445. The van der Waals surface area contributed by atoms with Gasteiger partial charge < -0.3 is 14.3 Å². The molecule has 0 saturated heterocycles. The Labute approximate surface area is 700 Å². The number of aryl methyl sites for hydroxylation is 3. The monoisotopic (exact) mass is 1940 g/mol. The first-order valence-corrected chi connectivity index (χ1v) is 34.8. The van der Waals surface area contributed by atoms with Gasteiger partial charge in [-0.05, 0) is 72.4 Å². The summed E-state index contributed by atoms with van der Waals surface area (Å²) < 4.78 is 742. The van der Waals surface area contributed by atoms with Gasteiger partial charge in [-0.25, -0.2) is 198 Å². The van der Waals surface area contributed by atoms with Crippen LogP contribution >= 0.6 is 0 Å². The second-order valence-electron chi connectivity index (χ2n) is 27.6. The molecule has 0 atom stereocenters. The number of hydrogen-bond donors (Lipinski definition) is 0. The molecule has 3 aromatic heterocycles. The van der Waals surface area contributed by atoms with E-state index in [0.29, 0.717) is 0 Å². The zero-order chi connectivity index (χ0) is 98.2. The summed E-state index contributed by atoms with van der Waals surface area (Å²) in [7, 11) is -4.88. The van der Waals surface area contributed by atoms with Crippen LogP contribution in [0.3, 0.4) is 0 Å². The van der Waals surface area contributed by atoms with E-state index in [1.54, 1.807) is 0 Å². The molecule has 52 heteroatoms. The van der Waals surface area contributed by atoms with E-state index >= 15 is 184 Å². The number of rotatable bonds is 15. The van der Waals surface area contributed by atoms with Crippen molar-refractivity contribution in [3.63, 3.8) is 0 Å². The van der Waals surface area contributed by atoms with Crippen LogP contribution in [-0.2, 0) is 0 Å². The van der Waals surface area contributed by atoms with Gasteiger partial charge in [-0.3, -0.25) is 0 Å². The summed E-state index contributed by atoms with van der Waals surface area (Å²) in [4.78, 5) is 0. The minimum Gasteiger partial charge on any atom is -0.395 e. The largest absolute Gasteiger partial charge is 0.926 e. The molecule has 690 valence electrons. The maximum Gasteiger partial charge on any atom is 0.926 e. The minimum atomic E-state index is -4.88. The maximum absolute atomic E-state index is 17.3. The van der Waals surface area contributed by atoms with E-state index in [9.17, 15) is 13.2 Å². The molecular formula is C81H15BF45N3O3. The van der Waals surface area contributed by atoms with E-state index in [2.05, 4.69) is 0 Å². The lowest BCUT2D eigenvalue weighted by molar-refractivity contribution is 0.0825. The normalized spacial score (nSPS) is 11.9. The van der Waals surface area contributed by atoms with Crippen molar-refractivity contribution in [3.8, 4) is 101 Å². The molecule has 0 aliphatic rings. The zero-order valence-corrected chi connectivity index (χ0v) is 62.6. The number of nitrogens with zero attached hydrogens (tertiary/aromatic N) is 3. The van der Waals surface area contributed by atoms with Crippen molar-refractivity contribution in [2.75, 3.05) is 0 Å². The van der Waals surface area contributed by atoms with Crippen LogP contribution in [0.5, 0.6) is 0 Å². The molecule has 15 rings (SSSR count). The summed E-state index contributed by atoms with van der Waals surface area (Å²) in [5.41, 5.74) is -60.6. The molecule has 15 aromatic rings. The van der Waals surface area contributed by atoms with E-state index in [4.69, 9.17) is 14.3 Å². The Bertz CT molecular complexity index is 6870. The van der Waals surface area contributed by atoms with Crippen molar-refractivity contribution in [1.29, 1.82) is 0 Å². The molecule has 0 unspecified atom stereocenters. The molecule has 0 aliphatic carbocycles. The van der Waals surface area contributed by atoms with E-state index in [-0.39, 0.29) is 39.0 Å². The molecule has 6 nitrogen and oxygen atoms in total. The van der Waals surface area contributed by atoms with Gasteiger partial charge in [0.25, 0.3) is 0 Å². The first-order chi connectivity index (χ1) is 62.1. The van der Waals surface area contributed by atoms with Crippen LogP contribution in [0.15, 0.2) is 36.4 Å². The highest BCUT2D eigenvalue weighted by Crippen LogP contribution is 2.55. The predicted molar refractivity (Wildman–Crippen MR) is 363 cm³/mol. The fraction of sp³-hybridized carbons (Fsp3) is 0.0370. The lowest BCUT2D eigenvalue weighted by Gasteiger charge is -2.23. The third kappa shape index (κ3) is 12.9. The fourth-order valence-corrected chi connectivity index (χ4v) is 14.9. The number of fused-ring (bicyclic) bond motifs is 3. The summed E-state index contributed by atoms with van der Waals surface area (Å²) in [6.07, 6.45) is 0. The zero-order valence-electron chi connectivity index (χ0n) is 62.6. The van der Waals surface area contributed by atoms with E-state index in [1.165, 1.54) is 0 Å². The average Bonchev–Trinajstić information content (AvgIpc) is 1.25. The molecular weight excluding hydrogens is 1930 g/mol. The predicted octanol–water partition coefficient (Wildman–Crippen LogP) is 26.4. The Kier molecular flexibility index (Phi) is 22.6. The van der Waals surface area contributed by atoms with Crippen molar-refractivity contribution in [2.24, 2.45) is 0 Å². The van der Waals surface area contributed by atoms with Gasteiger partial charge in [0.05, 0.1) is 83.7 Å². The van der Waals surface area contributed by atoms with Crippen molar-refractivity contribution in [2.45, 2.75) is 20.8 Å². The third-order valence-corrected chi connectivity index (χ3v) is 20.7. The van der Waals surface area contributed by atoms with Crippen molar-refractivity contribution in [1.82, 2.24) is 14.2 Å². The molecule has 0 amide bonds. The van der Waals surface area contributed by atoms with Crippen molar-refractivity contribution in [3.05, 3.63) is 315 Å². The van der Waals surface area contributed by atoms with Crippen LogP contribution in [0.25, 0.3) is 133 Å². The molecule has 0 bridgehead atoms. The molecule has 0 aliphatic heterocycles. The Balaban J connectivity index is 1.22. The molecule has 133 heavy (non-hydrogen) atoms. The lowest BCUT2D eigenvalue weighted by Crippen LogP contribution is -2.49. The van der Waals surface area contributed by atoms with Gasteiger partial charge in [0, 0.05) is 32.8 Å². The van der Waals surface area contributed by atoms with Crippen LogP contribution in [0.4, 0.5) is 198 Å². The SMILES string of the molecule is Cc1c(-c2c(F)c(F)c(F)c(F)c2F)n(OB(On2c(-c3c(F)c(F)c(F)c(F)c3F)c(C)c3c(-c4c(F)c(F)c(F)c(F)c4F)c(-c4c(F)c(F)c(F)c(F)c4F)ccc32)On2c(-c3c(F)c(F)c(F)c(F)c3F)c(C)c3c(-c4c(F)c(F)c(F)c(F)c4F)c(-c4c(F)c(F)c(F)c(F)c4F)ccc32)c2ccc(-c3c(F)c(F)c(F)c(F)c3F)c(-c3c(F)c(F)c(F)c(F)c3F)c12. The molecule has 0 spiro atoms. The Hall–Kier alpha value is -14.4. The van der Waals surface area contributed by atoms with Crippen LogP contribution < -0.4 is 14.3 Å². The van der Waals surface area contributed by atoms with Gasteiger partial charge in [-0.2, -0.15) is 14.2 Å². The standard InChI is InChI=1S/C81H15BF45N3O3/c1-10-19-16(7-4-13(25-34(83)52(101)70(119)53(102)35(25)84)22(19)28-40(89)58(107)73(122)59(108)41(28)90)128(79(10)31-46(95)64(113)76(125)65(114)47(31)96)131-82(132-129-17-8-5-14(26-36(85)54(103)71(120)55(104)37(26)86)23(29-42(91)60(109)74(123)61(110)43(29)92)20(17)11(2)80(129)32-48(97)66(115)77(126)67(116)49(32)98)133-130-18-9-6-15(27-38(87)56(105)72(121)57(106)39(27)88)24(30-44(93)62(111)75(124)63(112)45(30)94)21(18)12(3)81(130)33-50(99)68(117)78(127)69(118)51(33)100/h4-9H,1-3H3. The summed E-state index contributed by atoms with van der Waals surface area (Å²) in [6.45, 7) is -0.237. The second kappa shape index (κ2) is 32.3. The highest BCUT2D eigenvalue weighted by atomic mass is 19.2. The summed E-state index contributed by atoms with van der Waals surface area (Å²) in [5, 5.41) is -6.59. The van der Waals surface area contributed by atoms with Crippen LogP contribution in [0.1, 0.15) is 16.7 Å². The van der Waals surface area contributed by atoms with E-state index in [0.717, 1.165) is 0 Å². The fourth-order valence-electron chi connectivity index (χ4n) is 14.9. The number of halogens is 45. The van der Waals surface area contributed by atoms with Gasteiger partial charge in [0.1, 0.15) is 0 Å².